The molecular formula is C9H11IN2O2. The number of carbonyl (C=O) groups is 1. The Labute approximate surface area is 96.0 Å². The molecular weight excluding hydrogens is 295 g/mol. The van der Waals surface area contributed by atoms with E-state index in [2.05, 4.69) is 3.53 Å². The molecule has 1 atom stereocenters. The molecule has 1 aromatic carbocycles. The molecule has 4 nitrogen and oxygen atoms in total. The zero-order valence-electron chi connectivity index (χ0n) is 7.40. The molecule has 0 saturated carbocycles. The largest absolute Gasteiger partial charge is 0.480 e. The average molecular weight is 306 g/mol. The summed E-state index contributed by atoms with van der Waals surface area (Å²) in [7, 11) is 0. The van der Waals surface area contributed by atoms with Crippen LogP contribution in [-0.2, 0) is 11.2 Å². The summed E-state index contributed by atoms with van der Waals surface area (Å²) in [4.78, 5) is 10.7. The zero-order chi connectivity index (χ0) is 10.6. The van der Waals surface area contributed by atoms with Crippen LogP contribution in [0.25, 0.3) is 0 Å². The van der Waals surface area contributed by atoms with Gasteiger partial charge < -0.3 is 10.8 Å². The summed E-state index contributed by atoms with van der Waals surface area (Å²) in [6.45, 7) is 0. The number of benzene rings is 1. The van der Waals surface area contributed by atoms with Crippen molar-refractivity contribution in [3.8, 4) is 0 Å². The molecule has 1 rings (SSSR count). The number of nitrogen functional groups attached to an aromatic ring is 1. The molecule has 4 N–H and O–H groups in total. The van der Waals surface area contributed by atoms with Gasteiger partial charge in [0.15, 0.2) is 0 Å². The van der Waals surface area contributed by atoms with Gasteiger partial charge in [0.1, 0.15) is 6.04 Å². The highest BCUT2D eigenvalue weighted by Gasteiger charge is 2.15. The van der Waals surface area contributed by atoms with E-state index in [0.717, 1.165) is 5.56 Å². The number of nitrogens with two attached hydrogens (primary N) is 1. The lowest BCUT2D eigenvalue weighted by molar-refractivity contribution is -0.138. The Bertz CT molecular complexity index is 313. The third-order valence-corrected chi connectivity index (χ3v) is 2.60. The second-order valence-corrected chi connectivity index (χ2v) is 3.57. The number of anilines is 1. The van der Waals surface area contributed by atoms with E-state index >= 15 is 0 Å². The maximum atomic E-state index is 10.7. The van der Waals surface area contributed by atoms with Gasteiger partial charge in [-0.25, -0.2) is 3.53 Å². The van der Waals surface area contributed by atoms with Crippen molar-refractivity contribution in [2.24, 2.45) is 0 Å². The lowest BCUT2D eigenvalue weighted by atomic mass is 10.1. The zero-order valence-corrected chi connectivity index (χ0v) is 9.56. The van der Waals surface area contributed by atoms with E-state index in [1.54, 1.807) is 12.1 Å². The summed E-state index contributed by atoms with van der Waals surface area (Å²) in [5.74, 6) is -0.851. The highest BCUT2D eigenvalue weighted by atomic mass is 127. The monoisotopic (exact) mass is 306 g/mol. The normalized spacial score (nSPS) is 12.4. The summed E-state index contributed by atoms with van der Waals surface area (Å²) < 4.78 is 2.70. The SMILES string of the molecule is Nc1ccc(C[C@H](NI)C(=O)O)cc1. The molecule has 0 heterocycles. The van der Waals surface area contributed by atoms with E-state index < -0.39 is 12.0 Å². The van der Waals surface area contributed by atoms with Gasteiger partial charge >= 0.3 is 5.97 Å². The molecule has 14 heavy (non-hydrogen) atoms. The Morgan fingerprint density at radius 3 is 2.50 bits per heavy atom. The molecule has 0 bridgehead atoms. The lowest BCUT2D eigenvalue weighted by Gasteiger charge is -2.09. The number of hydrogen-bond donors (Lipinski definition) is 3. The molecule has 0 aliphatic heterocycles. The van der Waals surface area contributed by atoms with Crippen LogP contribution in [-0.4, -0.2) is 17.1 Å². The van der Waals surface area contributed by atoms with Crippen LogP contribution in [0.5, 0.6) is 0 Å². The molecule has 0 radical (unpaired) electrons. The van der Waals surface area contributed by atoms with Gasteiger partial charge in [0.05, 0.1) is 0 Å². The predicted octanol–water partition coefficient (Wildman–Crippen LogP) is 1.20. The van der Waals surface area contributed by atoms with Gasteiger partial charge in [-0.3, -0.25) is 4.79 Å². The van der Waals surface area contributed by atoms with Crippen molar-refractivity contribution in [2.75, 3.05) is 5.73 Å². The van der Waals surface area contributed by atoms with Crippen LogP contribution in [0.4, 0.5) is 5.69 Å². The number of aliphatic carboxylic acids is 1. The first-order chi connectivity index (χ1) is 6.63. The molecule has 5 heteroatoms. The predicted molar refractivity (Wildman–Crippen MR) is 63.1 cm³/mol. The van der Waals surface area contributed by atoms with Crippen LogP contribution in [0.1, 0.15) is 5.56 Å². The van der Waals surface area contributed by atoms with Gasteiger partial charge in [0.25, 0.3) is 0 Å². The summed E-state index contributed by atoms with van der Waals surface area (Å²) in [5.41, 5.74) is 7.15. The van der Waals surface area contributed by atoms with E-state index in [4.69, 9.17) is 10.8 Å². The molecule has 0 aromatic heterocycles. The van der Waals surface area contributed by atoms with Crippen molar-refractivity contribution in [3.05, 3.63) is 29.8 Å². The molecule has 0 unspecified atom stereocenters. The average Bonchev–Trinajstić information content (AvgIpc) is 2.16. The Kier molecular flexibility index (Phi) is 4.15. The minimum absolute atomic E-state index is 0.457. The van der Waals surface area contributed by atoms with E-state index in [-0.39, 0.29) is 0 Å². The van der Waals surface area contributed by atoms with Gasteiger partial charge in [-0.15, -0.1) is 0 Å². The summed E-state index contributed by atoms with van der Waals surface area (Å²) in [5, 5.41) is 8.80. The quantitative estimate of drug-likeness (QED) is 0.444. The molecule has 0 amide bonds. The van der Waals surface area contributed by atoms with Gasteiger partial charge in [-0.1, -0.05) is 12.1 Å². The van der Waals surface area contributed by atoms with Crippen molar-refractivity contribution < 1.29 is 9.90 Å². The van der Waals surface area contributed by atoms with Crippen molar-refractivity contribution in [1.82, 2.24) is 3.53 Å². The van der Waals surface area contributed by atoms with Gasteiger partial charge in [-0.05, 0) is 24.1 Å². The fourth-order valence-electron chi connectivity index (χ4n) is 1.06. The minimum Gasteiger partial charge on any atom is -0.480 e. The molecule has 1 aromatic rings. The van der Waals surface area contributed by atoms with E-state index in [0.29, 0.717) is 12.1 Å². The highest BCUT2D eigenvalue weighted by molar-refractivity contribution is 14.1. The first kappa shape index (κ1) is 11.3. The number of carboxylic acids is 1. The number of halogens is 1. The van der Waals surface area contributed by atoms with Crippen LogP contribution >= 0.6 is 22.9 Å². The van der Waals surface area contributed by atoms with E-state index in [1.165, 1.54) is 0 Å². The van der Waals surface area contributed by atoms with Gasteiger partial charge in [-0.2, -0.15) is 0 Å². The van der Waals surface area contributed by atoms with Crippen molar-refractivity contribution in [2.45, 2.75) is 12.5 Å². The molecule has 76 valence electrons. The highest BCUT2D eigenvalue weighted by Crippen LogP contribution is 2.08. The Morgan fingerprint density at radius 1 is 1.50 bits per heavy atom. The van der Waals surface area contributed by atoms with Crippen molar-refractivity contribution >= 4 is 34.5 Å². The summed E-state index contributed by atoms with van der Waals surface area (Å²) in [6, 6.07) is 6.64. The van der Waals surface area contributed by atoms with Crippen LogP contribution in [0.3, 0.4) is 0 Å². The third kappa shape index (κ3) is 3.15. The second-order valence-electron chi connectivity index (χ2n) is 2.95. The van der Waals surface area contributed by atoms with Gasteiger partial charge in [0, 0.05) is 28.6 Å². The molecule has 0 aliphatic carbocycles. The van der Waals surface area contributed by atoms with Crippen LogP contribution in [0.2, 0.25) is 0 Å². The van der Waals surface area contributed by atoms with Gasteiger partial charge in [0.2, 0.25) is 0 Å². The van der Waals surface area contributed by atoms with E-state index in [1.807, 2.05) is 35.0 Å². The first-order valence-corrected chi connectivity index (χ1v) is 5.14. The van der Waals surface area contributed by atoms with Crippen LogP contribution in [0.15, 0.2) is 24.3 Å². The minimum atomic E-state index is -0.851. The summed E-state index contributed by atoms with van der Waals surface area (Å²) >= 11 is 1.84. The fourth-order valence-corrected chi connectivity index (χ4v) is 1.55. The Morgan fingerprint density at radius 2 is 2.07 bits per heavy atom. The molecule has 0 saturated heterocycles. The third-order valence-electron chi connectivity index (χ3n) is 1.85. The smallest absolute Gasteiger partial charge is 0.321 e. The molecule has 0 aliphatic rings. The lowest BCUT2D eigenvalue weighted by Crippen LogP contribution is -2.32. The molecule has 0 spiro atoms. The second kappa shape index (κ2) is 5.16. The number of carboxylic acid groups (broad SMARTS) is 1. The maximum Gasteiger partial charge on any atom is 0.321 e. The fraction of sp³-hybridized carbons (Fsp3) is 0.222. The molecule has 0 fully saturated rings. The Balaban J connectivity index is 2.67. The Hall–Kier alpha value is -0.820. The van der Waals surface area contributed by atoms with Crippen LogP contribution in [0, 0.1) is 0 Å². The van der Waals surface area contributed by atoms with Crippen LogP contribution < -0.4 is 9.26 Å². The number of hydrogen-bond acceptors (Lipinski definition) is 3. The summed E-state index contributed by atoms with van der Waals surface area (Å²) in [6.07, 6.45) is 0.457. The number of nitrogens with one attached hydrogen (secondary N) is 1. The first-order valence-electron chi connectivity index (χ1n) is 4.07. The topological polar surface area (TPSA) is 75.3 Å². The van der Waals surface area contributed by atoms with Crippen molar-refractivity contribution in [1.29, 1.82) is 0 Å². The van der Waals surface area contributed by atoms with Crippen molar-refractivity contribution in [3.63, 3.8) is 0 Å². The standard InChI is InChI=1S/C9H11IN2O2/c10-12-8(9(13)14)5-6-1-3-7(11)4-2-6/h1-4,8,12H,5,11H2,(H,13,14)/t8-/m0/s1. The number of rotatable bonds is 4. The van der Waals surface area contributed by atoms with E-state index in [9.17, 15) is 4.79 Å². The maximum absolute atomic E-state index is 10.7.